The molecule has 2 N–H and O–H groups in total. The molecular weight excluding hydrogens is 376 g/mol. The molecular formula is C24H28N4O2. The van der Waals surface area contributed by atoms with Crippen molar-refractivity contribution in [3.63, 3.8) is 0 Å². The highest BCUT2D eigenvalue weighted by atomic mass is 16.5. The minimum Gasteiger partial charge on any atom is -0.489 e. The maximum absolute atomic E-state index is 12.6. The molecule has 6 nitrogen and oxygen atoms in total. The smallest absolute Gasteiger partial charge is 0.258 e. The van der Waals surface area contributed by atoms with Crippen LogP contribution in [0.1, 0.15) is 17.5 Å². The van der Waals surface area contributed by atoms with Gasteiger partial charge < -0.3 is 20.4 Å². The van der Waals surface area contributed by atoms with E-state index in [9.17, 15) is 4.79 Å². The molecule has 0 atom stereocenters. The normalized spacial score (nSPS) is 10.8. The van der Waals surface area contributed by atoms with E-state index in [1.54, 1.807) is 16.8 Å². The van der Waals surface area contributed by atoms with Gasteiger partial charge in [-0.05, 0) is 56.9 Å². The van der Waals surface area contributed by atoms with Crippen molar-refractivity contribution in [1.29, 1.82) is 5.41 Å². The third kappa shape index (κ3) is 5.81. The Morgan fingerprint density at radius 3 is 2.60 bits per heavy atom. The summed E-state index contributed by atoms with van der Waals surface area (Å²) in [6.07, 6.45) is 4.02. The number of aromatic nitrogens is 1. The molecule has 0 aliphatic heterocycles. The summed E-state index contributed by atoms with van der Waals surface area (Å²) in [5.74, 6) is 0.534. The van der Waals surface area contributed by atoms with E-state index >= 15 is 0 Å². The zero-order valence-electron chi connectivity index (χ0n) is 17.5. The number of benzene rings is 2. The van der Waals surface area contributed by atoms with Crippen molar-refractivity contribution in [1.82, 2.24) is 9.47 Å². The Bertz CT molecular complexity index is 1030. The monoisotopic (exact) mass is 404 g/mol. The summed E-state index contributed by atoms with van der Waals surface area (Å²) in [5, 5.41) is 11.1. The molecule has 0 saturated carbocycles. The van der Waals surface area contributed by atoms with Gasteiger partial charge in [-0.2, -0.15) is 0 Å². The van der Waals surface area contributed by atoms with Crippen LogP contribution in [0.4, 0.5) is 5.69 Å². The molecule has 6 heteroatoms. The lowest BCUT2D eigenvalue weighted by atomic mass is 10.1. The largest absolute Gasteiger partial charge is 0.489 e. The summed E-state index contributed by atoms with van der Waals surface area (Å²) < 4.78 is 7.29. The van der Waals surface area contributed by atoms with Crippen LogP contribution in [0.2, 0.25) is 0 Å². The molecule has 0 unspecified atom stereocenters. The van der Waals surface area contributed by atoms with Crippen molar-refractivity contribution in [2.75, 3.05) is 32.5 Å². The van der Waals surface area contributed by atoms with E-state index < -0.39 is 0 Å². The van der Waals surface area contributed by atoms with E-state index in [1.807, 2.05) is 62.6 Å². The second-order valence-electron chi connectivity index (χ2n) is 7.34. The topological polar surface area (TPSA) is 70.3 Å². The summed E-state index contributed by atoms with van der Waals surface area (Å²) in [6, 6.07) is 18.7. The maximum Gasteiger partial charge on any atom is 0.258 e. The van der Waals surface area contributed by atoms with Crippen LogP contribution >= 0.6 is 0 Å². The van der Waals surface area contributed by atoms with Crippen LogP contribution in [0, 0.1) is 5.41 Å². The van der Waals surface area contributed by atoms with Gasteiger partial charge in [0, 0.05) is 42.0 Å². The number of nitrogens with one attached hydrogen (secondary N) is 2. The van der Waals surface area contributed by atoms with Crippen molar-refractivity contribution >= 4 is 11.9 Å². The number of nitrogens with zero attached hydrogens (tertiary/aromatic N) is 2. The summed E-state index contributed by atoms with van der Waals surface area (Å²) >= 11 is 0. The highest BCUT2D eigenvalue weighted by Gasteiger charge is 2.07. The highest BCUT2D eigenvalue weighted by molar-refractivity contribution is 5.86. The van der Waals surface area contributed by atoms with E-state index in [2.05, 4.69) is 10.2 Å². The second kappa shape index (κ2) is 10.4. The van der Waals surface area contributed by atoms with Gasteiger partial charge in [0.25, 0.3) is 5.56 Å². The summed E-state index contributed by atoms with van der Waals surface area (Å²) in [6.45, 7) is 2.24. The zero-order valence-corrected chi connectivity index (χ0v) is 17.5. The van der Waals surface area contributed by atoms with Gasteiger partial charge in [-0.15, -0.1) is 0 Å². The number of pyridine rings is 1. The third-order valence-electron chi connectivity index (χ3n) is 4.71. The third-order valence-corrected chi connectivity index (χ3v) is 4.71. The van der Waals surface area contributed by atoms with Crippen LogP contribution in [0.3, 0.4) is 0 Å². The fourth-order valence-electron chi connectivity index (χ4n) is 3.10. The van der Waals surface area contributed by atoms with E-state index in [0.29, 0.717) is 18.0 Å². The van der Waals surface area contributed by atoms with Gasteiger partial charge in [0.1, 0.15) is 12.4 Å². The molecule has 0 saturated heterocycles. The lowest BCUT2D eigenvalue weighted by molar-refractivity contribution is 0.305. The average molecular weight is 405 g/mol. The van der Waals surface area contributed by atoms with Crippen LogP contribution in [-0.4, -0.2) is 42.9 Å². The predicted octanol–water partition coefficient (Wildman–Crippen LogP) is 3.78. The molecule has 3 rings (SSSR count). The lowest BCUT2D eigenvalue weighted by Crippen LogP contribution is -2.18. The SMILES string of the molecule is CN(C)CCCNc1ccc(-n2ccc(OCc3ccccc3)cc2=O)cc1C=N. The quantitative estimate of drug-likeness (QED) is 0.399. The molecule has 0 aliphatic carbocycles. The molecule has 1 aromatic heterocycles. The Balaban J connectivity index is 1.70. The highest BCUT2D eigenvalue weighted by Crippen LogP contribution is 2.19. The van der Waals surface area contributed by atoms with Gasteiger partial charge in [0.05, 0.1) is 0 Å². The van der Waals surface area contributed by atoms with E-state index in [-0.39, 0.29) is 5.56 Å². The van der Waals surface area contributed by atoms with Gasteiger partial charge in [-0.3, -0.25) is 9.36 Å². The number of hydrogen-bond donors (Lipinski definition) is 2. The van der Waals surface area contributed by atoms with Gasteiger partial charge in [0.2, 0.25) is 0 Å². The Kier molecular flexibility index (Phi) is 7.40. The molecule has 0 amide bonds. The molecule has 1 heterocycles. The van der Waals surface area contributed by atoms with Crippen molar-refractivity contribution in [2.45, 2.75) is 13.0 Å². The number of rotatable bonds is 10. The molecule has 0 spiro atoms. The van der Waals surface area contributed by atoms with E-state index in [4.69, 9.17) is 10.1 Å². The Labute approximate surface area is 177 Å². The fraction of sp³-hybridized carbons (Fsp3) is 0.250. The fourth-order valence-corrected chi connectivity index (χ4v) is 3.10. The predicted molar refractivity (Wildman–Crippen MR) is 122 cm³/mol. The Morgan fingerprint density at radius 2 is 1.90 bits per heavy atom. The molecule has 3 aromatic rings. The lowest BCUT2D eigenvalue weighted by Gasteiger charge is -2.14. The maximum atomic E-state index is 12.6. The van der Waals surface area contributed by atoms with Crippen LogP contribution in [0.25, 0.3) is 5.69 Å². The molecule has 0 radical (unpaired) electrons. The van der Waals surface area contributed by atoms with Gasteiger partial charge >= 0.3 is 0 Å². The van der Waals surface area contributed by atoms with Crippen molar-refractivity contribution in [3.8, 4) is 11.4 Å². The zero-order chi connectivity index (χ0) is 21.3. The van der Waals surface area contributed by atoms with Gasteiger partial charge in [-0.1, -0.05) is 30.3 Å². The molecule has 156 valence electrons. The summed E-state index contributed by atoms with van der Waals surface area (Å²) in [4.78, 5) is 14.8. The first-order chi connectivity index (χ1) is 14.6. The molecule has 0 fully saturated rings. The van der Waals surface area contributed by atoms with Crippen molar-refractivity contribution in [2.24, 2.45) is 0 Å². The van der Waals surface area contributed by atoms with Gasteiger partial charge in [0.15, 0.2) is 0 Å². The van der Waals surface area contributed by atoms with E-state index in [0.717, 1.165) is 36.3 Å². The van der Waals surface area contributed by atoms with Gasteiger partial charge in [-0.25, -0.2) is 0 Å². The first-order valence-corrected chi connectivity index (χ1v) is 10.00. The molecule has 30 heavy (non-hydrogen) atoms. The number of ether oxygens (including phenoxy) is 1. The van der Waals surface area contributed by atoms with E-state index in [1.165, 1.54) is 12.3 Å². The Morgan fingerprint density at radius 1 is 1.10 bits per heavy atom. The first kappa shape index (κ1) is 21.3. The van der Waals surface area contributed by atoms with Crippen LogP contribution in [0.5, 0.6) is 5.75 Å². The minimum atomic E-state index is -0.178. The summed E-state index contributed by atoms with van der Waals surface area (Å²) in [5.41, 5.74) is 3.22. The van der Waals surface area contributed by atoms with Crippen molar-refractivity contribution in [3.05, 3.63) is 88.3 Å². The van der Waals surface area contributed by atoms with Crippen LogP contribution in [0.15, 0.2) is 71.7 Å². The number of hydrogen-bond acceptors (Lipinski definition) is 5. The standard InChI is InChI=1S/C24H28N4O2/c1-27(2)13-6-12-26-23-10-9-21(15-20(23)17-25)28-14-11-22(16-24(28)29)30-18-19-7-4-3-5-8-19/h3-5,7-11,14-17,25-26H,6,12-13,18H2,1-2H3. The van der Waals surface area contributed by atoms with Crippen molar-refractivity contribution < 1.29 is 4.74 Å². The number of anilines is 1. The second-order valence-corrected chi connectivity index (χ2v) is 7.34. The molecule has 0 aliphatic rings. The molecule has 2 aromatic carbocycles. The Hall–Kier alpha value is -3.38. The average Bonchev–Trinajstić information content (AvgIpc) is 2.76. The summed E-state index contributed by atoms with van der Waals surface area (Å²) in [7, 11) is 4.10. The van der Waals surface area contributed by atoms with Crippen LogP contribution < -0.4 is 15.6 Å². The minimum absolute atomic E-state index is 0.178. The van der Waals surface area contributed by atoms with Crippen LogP contribution in [-0.2, 0) is 6.61 Å². The molecule has 0 bridgehead atoms. The first-order valence-electron chi connectivity index (χ1n) is 10.00.